The summed E-state index contributed by atoms with van der Waals surface area (Å²) >= 11 is 0. The third kappa shape index (κ3) is 3.35. The molecule has 1 aromatic carbocycles. The van der Waals surface area contributed by atoms with Gasteiger partial charge in [0, 0.05) is 19.6 Å². The van der Waals surface area contributed by atoms with Crippen molar-refractivity contribution in [2.45, 2.75) is 32.6 Å². The van der Waals surface area contributed by atoms with Gasteiger partial charge in [0.1, 0.15) is 0 Å². The lowest BCUT2D eigenvalue weighted by Gasteiger charge is -2.35. The van der Waals surface area contributed by atoms with E-state index in [1.807, 2.05) is 12.1 Å². The topological polar surface area (TPSA) is 51.2 Å². The zero-order chi connectivity index (χ0) is 14.7. The fraction of sp³-hybridized carbons (Fsp3) is 0.600. The summed E-state index contributed by atoms with van der Waals surface area (Å²) in [4.78, 5) is 2.34. The largest absolute Gasteiger partial charge is 0.502 e. The number of phenols is 1. The van der Waals surface area contributed by atoms with E-state index in [1.165, 1.54) is 14.2 Å². The van der Waals surface area contributed by atoms with Crippen molar-refractivity contribution in [3.8, 4) is 17.2 Å². The summed E-state index contributed by atoms with van der Waals surface area (Å²) in [5.41, 5.74) is 1.05. The zero-order valence-corrected chi connectivity index (χ0v) is 12.5. The molecule has 0 aromatic heterocycles. The quantitative estimate of drug-likeness (QED) is 0.915. The number of rotatable bonds is 4. The maximum Gasteiger partial charge on any atom is 0.200 e. The van der Waals surface area contributed by atoms with Crippen LogP contribution in [0.2, 0.25) is 0 Å². The lowest BCUT2D eigenvalue weighted by molar-refractivity contribution is -0.0705. The third-order valence-electron chi connectivity index (χ3n) is 3.44. The minimum atomic E-state index is 0.0439. The molecule has 5 nitrogen and oxygen atoms in total. The van der Waals surface area contributed by atoms with E-state index in [4.69, 9.17) is 14.2 Å². The number of hydrogen-bond acceptors (Lipinski definition) is 5. The molecule has 0 spiro atoms. The van der Waals surface area contributed by atoms with Crippen molar-refractivity contribution in [2.75, 3.05) is 27.3 Å². The van der Waals surface area contributed by atoms with Crippen LogP contribution in [0.15, 0.2) is 12.1 Å². The minimum absolute atomic E-state index is 0.0439. The minimum Gasteiger partial charge on any atom is -0.502 e. The molecule has 5 heteroatoms. The van der Waals surface area contributed by atoms with Gasteiger partial charge in [0.05, 0.1) is 26.4 Å². The van der Waals surface area contributed by atoms with Gasteiger partial charge < -0.3 is 19.3 Å². The van der Waals surface area contributed by atoms with Crippen molar-refractivity contribution in [1.82, 2.24) is 4.90 Å². The Balaban J connectivity index is 2.16. The van der Waals surface area contributed by atoms with Crippen LogP contribution in [0.1, 0.15) is 19.4 Å². The fourth-order valence-corrected chi connectivity index (χ4v) is 2.71. The molecule has 1 saturated heterocycles. The van der Waals surface area contributed by atoms with Crippen molar-refractivity contribution in [3.05, 3.63) is 17.7 Å². The van der Waals surface area contributed by atoms with Crippen LogP contribution in [0, 0.1) is 0 Å². The van der Waals surface area contributed by atoms with Gasteiger partial charge in [-0.1, -0.05) is 0 Å². The van der Waals surface area contributed by atoms with Crippen molar-refractivity contribution in [3.63, 3.8) is 0 Å². The predicted molar refractivity (Wildman–Crippen MR) is 76.5 cm³/mol. The summed E-state index contributed by atoms with van der Waals surface area (Å²) in [5.74, 6) is 0.921. The van der Waals surface area contributed by atoms with Crippen molar-refractivity contribution >= 4 is 0 Å². The number of nitrogens with zero attached hydrogens (tertiary/aromatic N) is 1. The maximum absolute atomic E-state index is 9.92. The van der Waals surface area contributed by atoms with Crippen LogP contribution in [-0.2, 0) is 11.3 Å². The van der Waals surface area contributed by atoms with Gasteiger partial charge in [-0.2, -0.15) is 0 Å². The predicted octanol–water partition coefficient (Wildman–Crippen LogP) is 2.02. The molecule has 1 N–H and O–H groups in total. The second kappa shape index (κ2) is 6.33. The molecule has 2 rings (SSSR count). The summed E-state index contributed by atoms with van der Waals surface area (Å²) in [6, 6.07) is 3.70. The van der Waals surface area contributed by atoms with Crippen LogP contribution >= 0.6 is 0 Å². The van der Waals surface area contributed by atoms with Crippen LogP contribution in [0.4, 0.5) is 0 Å². The molecule has 112 valence electrons. The number of benzene rings is 1. The first-order valence-corrected chi connectivity index (χ1v) is 6.85. The monoisotopic (exact) mass is 281 g/mol. The second-order valence-electron chi connectivity index (χ2n) is 5.30. The molecule has 1 aromatic rings. The van der Waals surface area contributed by atoms with Crippen LogP contribution in [0.3, 0.4) is 0 Å². The van der Waals surface area contributed by atoms with E-state index in [1.54, 1.807) is 0 Å². The molecular weight excluding hydrogens is 258 g/mol. The Morgan fingerprint density at radius 3 is 2.10 bits per heavy atom. The van der Waals surface area contributed by atoms with Crippen molar-refractivity contribution in [2.24, 2.45) is 0 Å². The number of hydrogen-bond donors (Lipinski definition) is 1. The summed E-state index contributed by atoms with van der Waals surface area (Å²) in [7, 11) is 3.08. The Morgan fingerprint density at radius 1 is 1.15 bits per heavy atom. The highest BCUT2D eigenvalue weighted by Crippen LogP contribution is 2.37. The molecule has 0 radical (unpaired) electrons. The van der Waals surface area contributed by atoms with E-state index in [0.29, 0.717) is 11.5 Å². The van der Waals surface area contributed by atoms with Gasteiger partial charge >= 0.3 is 0 Å². The average molecular weight is 281 g/mol. The average Bonchev–Trinajstić information content (AvgIpc) is 2.39. The number of methoxy groups -OCH3 is 2. The Morgan fingerprint density at radius 2 is 1.65 bits per heavy atom. The van der Waals surface area contributed by atoms with Gasteiger partial charge in [-0.05, 0) is 31.5 Å². The van der Waals surface area contributed by atoms with Crippen LogP contribution < -0.4 is 9.47 Å². The van der Waals surface area contributed by atoms with Crippen LogP contribution in [0.5, 0.6) is 17.2 Å². The molecule has 1 aliphatic rings. The number of aromatic hydroxyl groups is 1. The summed E-state index contributed by atoms with van der Waals surface area (Å²) in [6.45, 7) is 6.75. The highest BCUT2D eigenvalue weighted by Gasteiger charge is 2.23. The third-order valence-corrected chi connectivity index (χ3v) is 3.44. The van der Waals surface area contributed by atoms with E-state index in [9.17, 15) is 5.11 Å². The normalized spacial score (nSPS) is 23.6. The van der Waals surface area contributed by atoms with Crippen LogP contribution in [0.25, 0.3) is 0 Å². The Labute approximate surface area is 120 Å². The standard InChI is InChI=1S/C15H23NO4/c1-10-7-16(8-11(2)20-10)9-12-5-13(18-3)15(17)14(6-12)19-4/h5-6,10-11,17H,7-9H2,1-4H3/t10-,11-/m0/s1. The van der Waals surface area contributed by atoms with Gasteiger partial charge in [0.15, 0.2) is 11.5 Å². The molecule has 0 bridgehead atoms. The smallest absolute Gasteiger partial charge is 0.200 e. The lowest BCUT2D eigenvalue weighted by atomic mass is 10.1. The molecule has 0 unspecified atom stereocenters. The molecule has 1 aliphatic heterocycles. The van der Waals surface area contributed by atoms with Gasteiger partial charge in [-0.25, -0.2) is 0 Å². The van der Waals surface area contributed by atoms with E-state index >= 15 is 0 Å². The second-order valence-corrected chi connectivity index (χ2v) is 5.30. The summed E-state index contributed by atoms with van der Waals surface area (Å²) in [6.07, 6.45) is 0.472. The highest BCUT2D eigenvalue weighted by atomic mass is 16.5. The van der Waals surface area contributed by atoms with Crippen molar-refractivity contribution < 1.29 is 19.3 Å². The molecular formula is C15H23NO4. The van der Waals surface area contributed by atoms with Crippen LogP contribution in [-0.4, -0.2) is 49.5 Å². The first kappa shape index (κ1) is 14.9. The lowest BCUT2D eigenvalue weighted by Crippen LogP contribution is -2.44. The van der Waals surface area contributed by atoms with Gasteiger partial charge in [-0.15, -0.1) is 0 Å². The number of phenolic OH excluding ortho intramolecular Hbond substituents is 1. The van der Waals surface area contributed by atoms with Gasteiger partial charge in [0.25, 0.3) is 0 Å². The molecule has 2 atom stereocenters. The molecule has 1 fully saturated rings. The number of morpholine rings is 1. The Kier molecular flexibility index (Phi) is 4.73. The van der Waals surface area contributed by atoms with Gasteiger partial charge in [0.2, 0.25) is 5.75 Å². The summed E-state index contributed by atoms with van der Waals surface area (Å²) in [5, 5.41) is 9.92. The first-order valence-electron chi connectivity index (χ1n) is 6.85. The Hall–Kier alpha value is -1.46. The highest BCUT2D eigenvalue weighted by molar-refractivity contribution is 5.52. The molecule has 20 heavy (non-hydrogen) atoms. The fourth-order valence-electron chi connectivity index (χ4n) is 2.71. The molecule has 1 heterocycles. The van der Waals surface area contributed by atoms with Crippen molar-refractivity contribution in [1.29, 1.82) is 0 Å². The maximum atomic E-state index is 9.92. The molecule has 0 amide bonds. The van der Waals surface area contributed by atoms with E-state index in [0.717, 1.165) is 25.2 Å². The zero-order valence-electron chi connectivity index (χ0n) is 12.5. The summed E-state index contributed by atoms with van der Waals surface area (Å²) < 4.78 is 16.1. The molecule has 0 aliphatic carbocycles. The molecule has 0 saturated carbocycles. The SMILES string of the molecule is COc1cc(CN2C[C@H](C)O[C@@H](C)C2)cc(OC)c1O. The Bertz CT molecular complexity index is 428. The van der Waals surface area contributed by atoms with Gasteiger partial charge in [-0.3, -0.25) is 4.90 Å². The first-order chi connectivity index (χ1) is 9.53. The van der Waals surface area contributed by atoms with E-state index in [-0.39, 0.29) is 18.0 Å². The number of ether oxygens (including phenoxy) is 3. The van der Waals surface area contributed by atoms with E-state index in [2.05, 4.69) is 18.7 Å². The van der Waals surface area contributed by atoms with E-state index < -0.39 is 0 Å².